The van der Waals surface area contributed by atoms with E-state index < -0.39 is 11.9 Å². The van der Waals surface area contributed by atoms with Gasteiger partial charge in [0.1, 0.15) is 0 Å². The first kappa shape index (κ1) is 11.9. The highest BCUT2D eigenvalue weighted by Crippen LogP contribution is 2.12. The van der Waals surface area contributed by atoms with Gasteiger partial charge in [-0.25, -0.2) is 0 Å². The van der Waals surface area contributed by atoms with Crippen molar-refractivity contribution in [3.63, 3.8) is 0 Å². The zero-order chi connectivity index (χ0) is 11.3. The average molecular weight is 222 g/mol. The topological polar surface area (TPSA) is 37.3 Å². The third kappa shape index (κ3) is 3.80. The van der Waals surface area contributed by atoms with E-state index in [1.807, 2.05) is 30.3 Å². The van der Waals surface area contributed by atoms with Crippen LogP contribution < -0.4 is 0 Å². The number of hydrogen-bond acceptors (Lipinski definition) is 2. The van der Waals surface area contributed by atoms with Gasteiger partial charge in [0.15, 0.2) is 0 Å². The minimum Gasteiger partial charge on any atom is -0.481 e. The fraction of sp³-hybridized carbons (Fsp3) is 0.333. The summed E-state index contributed by atoms with van der Waals surface area (Å²) in [6.07, 6.45) is 1.33. The summed E-state index contributed by atoms with van der Waals surface area (Å²) in [4.78, 5) is 11.4. The maximum atomic E-state index is 10.9. The SMILES string of the molecule is CC(=S)C(CCc1ccccc1)C(=O)O. The largest absolute Gasteiger partial charge is 0.481 e. The first-order chi connectivity index (χ1) is 7.11. The predicted octanol–water partition coefficient (Wildman–Crippen LogP) is 2.71. The summed E-state index contributed by atoms with van der Waals surface area (Å²) in [5.41, 5.74) is 1.15. The van der Waals surface area contributed by atoms with E-state index in [1.165, 1.54) is 0 Å². The molecule has 1 atom stereocenters. The Hall–Kier alpha value is -1.22. The van der Waals surface area contributed by atoms with Crippen molar-refractivity contribution in [3.05, 3.63) is 35.9 Å². The highest BCUT2D eigenvalue weighted by Gasteiger charge is 2.18. The molecule has 0 aliphatic carbocycles. The molecule has 0 aliphatic rings. The lowest BCUT2D eigenvalue weighted by atomic mass is 9.97. The zero-order valence-corrected chi connectivity index (χ0v) is 9.46. The molecule has 0 spiro atoms. The minimum atomic E-state index is -0.821. The molecule has 2 nitrogen and oxygen atoms in total. The van der Waals surface area contributed by atoms with Crippen molar-refractivity contribution in [1.82, 2.24) is 0 Å². The molecule has 3 heteroatoms. The van der Waals surface area contributed by atoms with Gasteiger partial charge in [0.05, 0.1) is 5.92 Å². The van der Waals surface area contributed by atoms with Gasteiger partial charge in [-0.05, 0) is 25.3 Å². The van der Waals surface area contributed by atoms with Gasteiger partial charge in [-0.3, -0.25) is 4.79 Å². The smallest absolute Gasteiger partial charge is 0.311 e. The number of aliphatic carboxylic acids is 1. The fourth-order valence-electron chi connectivity index (χ4n) is 1.46. The van der Waals surface area contributed by atoms with Gasteiger partial charge in [0, 0.05) is 4.86 Å². The molecule has 80 valence electrons. The number of thiocarbonyl (C=S) groups is 1. The molecular formula is C12H14O2S. The van der Waals surface area contributed by atoms with Gasteiger partial charge in [-0.15, -0.1) is 0 Å². The van der Waals surface area contributed by atoms with Crippen LogP contribution in [0.3, 0.4) is 0 Å². The molecule has 0 heterocycles. The number of benzene rings is 1. The number of aryl methyl sites for hydroxylation is 1. The summed E-state index contributed by atoms with van der Waals surface area (Å²) >= 11 is 4.93. The van der Waals surface area contributed by atoms with Crippen LogP contribution in [0.4, 0.5) is 0 Å². The van der Waals surface area contributed by atoms with Crippen molar-refractivity contribution in [2.24, 2.45) is 5.92 Å². The first-order valence-corrected chi connectivity index (χ1v) is 5.29. The van der Waals surface area contributed by atoms with E-state index in [0.29, 0.717) is 11.3 Å². The number of carbonyl (C=O) groups is 1. The summed E-state index contributed by atoms with van der Waals surface area (Å²) in [5, 5.41) is 8.93. The standard InChI is InChI=1S/C12H14O2S/c1-9(15)11(12(13)14)8-7-10-5-3-2-4-6-10/h2-6,11H,7-8H2,1H3,(H,13,14). The van der Waals surface area contributed by atoms with E-state index in [9.17, 15) is 4.79 Å². The van der Waals surface area contributed by atoms with Gasteiger partial charge in [-0.2, -0.15) is 0 Å². The molecule has 0 aromatic heterocycles. The van der Waals surface area contributed by atoms with Crippen LogP contribution in [0.15, 0.2) is 30.3 Å². The van der Waals surface area contributed by atoms with E-state index in [0.717, 1.165) is 12.0 Å². The summed E-state index contributed by atoms with van der Waals surface area (Å²) < 4.78 is 0. The maximum absolute atomic E-state index is 10.9. The number of carboxylic acids is 1. The van der Waals surface area contributed by atoms with E-state index in [-0.39, 0.29) is 0 Å². The Morgan fingerprint density at radius 3 is 2.47 bits per heavy atom. The third-order valence-corrected chi connectivity index (χ3v) is 2.64. The van der Waals surface area contributed by atoms with Crippen molar-refractivity contribution in [2.75, 3.05) is 0 Å². The van der Waals surface area contributed by atoms with Crippen LogP contribution >= 0.6 is 12.2 Å². The van der Waals surface area contributed by atoms with Crippen LogP contribution in [-0.4, -0.2) is 15.9 Å². The molecule has 1 aromatic carbocycles. The van der Waals surface area contributed by atoms with Crippen molar-refractivity contribution < 1.29 is 9.90 Å². The second kappa shape index (κ2) is 5.61. The molecule has 0 saturated carbocycles. The molecule has 1 N–H and O–H groups in total. The lowest BCUT2D eigenvalue weighted by molar-refractivity contribution is -0.139. The lowest BCUT2D eigenvalue weighted by Crippen LogP contribution is -2.20. The van der Waals surface area contributed by atoms with Crippen molar-refractivity contribution in [3.8, 4) is 0 Å². The van der Waals surface area contributed by atoms with Gasteiger partial charge in [0.2, 0.25) is 0 Å². The van der Waals surface area contributed by atoms with Gasteiger partial charge >= 0.3 is 5.97 Å². The molecular weight excluding hydrogens is 208 g/mol. The van der Waals surface area contributed by atoms with Gasteiger partial charge < -0.3 is 5.11 Å². The van der Waals surface area contributed by atoms with Crippen molar-refractivity contribution >= 4 is 23.1 Å². The number of carboxylic acid groups (broad SMARTS) is 1. The van der Waals surface area contributed by atoms with Crippen LogP contribution in [0.25, 0.3) is 0 Å². The Morgan fingerprint density at radius 1 is 1.40 bits per heavy atom. The average Bonchev–Trinajstić information content (AvgIpc) is 2.18. The Balaban J connectivity index is 2.55. The van der Waals surface area contributed by atoms with Crippen LogP contribution in [-0.2, 0) is 11.2 Å². The number of rotatable bonds is 5. The van der Waals surface area contributed by atoms with Gasteiger partial charge in [0.25, 0.3) is 0 Å². The molecule has 1 unspecified atom stereocenters. The summed E-state index contributed by atoms with van der Waals surface area (Å²) in [6.45, 7) is 1.69. The first-order valence-electron chi connectivity index (χ1n) is 4.88. The second-order valence-corrected chi connectivity index (χ2v) is 4.17. The van der Waals surface area contributed by atoms with E-state index in [4.69, 9.17) is 17.3 Å². The Kier molecular flexibility index (Phi) is 4.43. The molecule has 0 amide bonds. The Bertz CT molecular complexity index is 332. The van der Waals surface area contributed by atoms with Gasteiger partial charge in [-0.1, -0.05) is 42.5 Å². The lowest BCUT2D eigenvalue weighted by Gasteiger charge is -2.10. The predicted molar refractivity (Wildman–Crippen MR) is 64.2 cm³/mol. The molecule has 1 aromatic rings. The molecule has 0 fully saturated rings. The van der Waals surface area contributed by atoms with E-state index >= 15 is 0 Å². The zero-order valence-electron chi connectivity index (χ0n) is 8.64. The fourth-order valence-corrected chi connectivity index (χ4v) is 1.67. The van der Waals surface area contributed by atoms with E-state index in [1.54, 1.807) is 6.92 Å². The normalized spacial score (nSPS) is 12.1. The number of hydrogen-bond donors (Lipinski definition) is 1. The summed E-state index contributed by atoms with van der Waals surface area (Å²) in [5.74, 6) is -1.32. The highest BCUT2D eigenvalue weighted by atomic mass is 32.1. The quantitative estimate of drug-likeness (QED) is 0.778. The molecule has 0 aliphatic heterocycles. The molecule has 0 saturated heterocycles. The van der Waals surface area contributed by atoms with E-state index in [2.05, 4.69) is 0 Å². The second-order valence-electron chi connectivity index (χ2n) is 3.53. The minimum absolute atomic E-state index is 0.500. The Labute approximate surface area is 94.9 Å². The monoisotopic (exact) mass is 222 g/mol. The molecule has 0 bridgehead atoms. The molecule has 15 heavy (non-hydrogen) atoms. The molecule has 0 radical (unpaired) electrons. The van der Waals surface area contributed by atoms with Crippen LogP contribution in [0.5, 0.6) is 0 Å². The Morgan fingerprint density at radius 2 is 2.00 bits per heavy atom. The van der Waals surface area contributed by atoms with Crippen LogP contribution in [0.1, 0.15) is 18.9 Å². The molecule has 1 rings (SSSR count). The third-order valence-electron chi connectivity index (χ3n) is 2.35. The van der Waals surface area contributed by atoms with Crippen LogP contribution in [0, 0.1) is 5.92 Å². The van der Waals surface area contributed by atoms with Crippen molar-refractivity contribution in [2.45, 2.75) is 19.8 Å². The maximum Gasteiger partial charge on any atom is 0.311 e. The highest BCUT2D eigenvalue weighted by molar-refractivity contribution is 7.80. The van der Waals surface area contributed by atoms with Crippen molar-refractivity contribution in [1.29, 1.82) is 0 Å². The summed E-state index contributed by atoms with van der Waals surface area (Å²) in [7, 11) is 0. The summed E-state index contributed by atoms with van der Waals surface area (Å²) in [6, 6.07) is 9.85. The van der Waals surface area contributed by atoms with Crippen LogP contribution in [0.2, 0.25) is 0 Å².